The van der Waals surface area contributed by atoms with Crippen LogP contribution >= 0.6 is 0 Å². The predicted octanol–water partition coefficient (Wildman–Crippen LogP) is 4.75. The largest absolute Gasteiger partial charge is 0.326 e. The van der Waals surface area contributed by atoms with Gasteiger partial charge in [0.05, 0.1) is 0 Å². The molecule has 28 heavy (non-hydrogen) atoms. The van der Waals surface area contributed by atoms with E-state index in [9.17, 15) is 14.4 Å². The molecular formula is C23H28N2O3. The Morgan fingerprint density at radius 2 is 1.61 bits per heavy atom. The van der Waals surface area contributed by atoms with Crippen LogP contribution < -0.4 is 10.6 Å². The van der Waals surface area contributed by atoms with Crippen molar-refractivity contribution in [2.75, 3.05) is 10.6 Å². The molecular weight excluding hydrogens is 352 g/mol. The minimum Gasteiger partial charge on any atom is -0.326 e. The fraction of sp³-hybridized carbons (Fsp3) is 0.348. The van der Waals surface area contributed by atoms with E-state index in [0.717, 1.165) is 12.0 Å². The van der Waals surface area contributed by atoms with Gasteiger partial charge in [-0.05, 0) is 42.5 Å². The molecule has 0 aliphatic heterocycles. The molecule has 5 nitrogen and oxygen atoms in total. The average Bonchev–Trinajstić information content (AvgIpc) is 2.62. The van der Waals surface area contributed by atoms with Crippen LogP contribution in [0.15, 0.2) is 42.5 Å². The second-order valence-corrected chi connectivity index (χ2v) is 7.48. The molecule has 0 spiro atoms. The van der Waals surface area contributed by atoms with Crippen molar-refractivity contribution in [1.82, 2.24) is 0 Å². The molecule has 2 N–H and O–H groups in total. The Balaban J connectivity index is 1.91. The zero-order chi connectivity index (χ0) is 20.7. The van der Waals surface area contributed by atoms with Gasteiger partial charge in [-0.25, -0.2) is 0 Å². The molecule has 2 aromatic rings. The normalized spacial score (nSPS) is 10.6. The standard InChI is InChI=1S/C23H28N2O3/c1-15(2)13-18-6-8-19(9-7-18)22(27)11-12-23(28)25-21-14-20(24-17(4)26)10-5-16(21)3/h5-10,14-15H,11-13H2,1-4H3,(H,24,26)(H,25,28). The number of rotatable bonds is 8. The molecule has 0 heterocycles. The lowest BCUT2D eigenvalue weighted by molar-refractivity contribution is -0.116. The first-order valence-electron chi connectivity index (χ1n) is 9.55. The zero-order valence-electron chi connectivity index (χ0n) is 17.0. The van der Waals surface area contributed by atoms with Crippen LogP contribution in [0.1, 0.15) is 55.1 Å². The second-order valence-electron chi connectivity index (χ2n) is 7.48. The molecule has 0 saturated carbocycles. The molecule has 0 fully saturated rings. The van der Waals surface area contributed by atoms with E-state index in [1.807, 2.05) is 37.3 Å². The van der Waals surface area contributed by atoms with Gasteiger partial charge >= 0.3 is 0 Å². The van der Waals surface area contributed by atoms with Crippen LogP contribution in [0.2, 0.25) is 0 Å². The Morgan fingerprint density at radius 1 is 0.929 bits per heavy atom. The number of nitrogens with one attached hydrogen (secondary N) is 2. The number of ketones is 1. The average molecular weight is 380 g/mol. The summed E-state index contributed by atoms with van der Waals surface area (Å²) in [5, 5.41) is 5.51. The highest BCUT2D eigenvalue weighted by atomic mass is 16.2. The Bertz CT molecular complexity index is 855. The lowest BCUT2D eigenvalue weighted by Crippen LogP contribution is -2.15. The quantitative estimate of drug-likeness (QED) is 0.649. The van der Waals surface area contributed by atoms with E-state index in [1.165, 1.54) is 12.5 Å². The van der Waals surface area contributed by atoms with Gasteiger partial charge in [0.15, 0.2) is 5.78 Å². The lowest BCUT2D eigenvalue weighted by Gasteiger charge is -2.11. The number of Topliss-reactive ketones (excluding diaryl/α,β-unsaturated/α-hetero) is 1. The fourth-order valence-corrected chi connectivity index (χ4v) is 2.92. The molecule has 0 aliphatic rings. The maximum Gasteiger partial charge on any atom is 0.224 e. The number of carbonyl (C=O) groups excluding carboxylic acids is 3. The molecule has 2 amide bonds. The number of anilines is 2. The molecule has 0 saturated heterocycles. The zero-order valence-corrected chi connectivity index (χ0v) is 17.0. The van der Waals surface area contributed by atoms with E-state index in [0.29, 0.717) is 22.9 Å². The van der Waals surface area contributed by atoms with Crippen molar-refractivity contribution in [2.45, 2.75) is 47.0 Å². The summed E-state index contributed by atoms with van der Waals surface area (Å²) in [6.07, 6.45) is 1.24. The van der Waals surface area contributed by atoms with Gasteiger partial charge in [0, 0.05) is 36.7 Å². The first-order valence-corrected chi connectivity index (χ1v) is 9.55. The number of hydrogen-bond acceptors (Lipinski definition) is 3. The highest BCUT2D eigenvalue weighted by molar-refractivity contribution is 6.00. The molecule has 2 rings (SSSR count). The molecule has 0 radical (unpaired) electrons. The van der Waals surface area contributed by atoms with Gasteiger partial charge in [-0.2, -0.15) is 0 Å². The van der Waals surface area contributed by atoms with Gasteiger partial charge in [-0.3, -0.25) is 14.4 Å². The van der Waals surface area contributed by atoms with E-state index < -0.39 is 0 Å². The summed E-state index contributed by atoms with van der Waals surface area (Å²) >= 11 is 0. The predicted molar refractivity (Wildman–Crippen MR) is 113 cm³/mol. The van der Waals surface area contributed by atoms with Crippen LogP contribution in [0.5, 0.6) is 0 Å². The van der Waals surface area contributed by atoms with Crippen molar-refractivity contribution in [3.8, 4) is 0 Å². The summed E-state index contributed by atoms with van der Waals surface area (Å²) in [6, 6.07) is 12.9. The number of amides is 2. The first-order chi connectivity index (χ1) is 13.2. The number of aryl methyl sites for hydroxylation is 1. The second kappa shape index (κ2) is 9.83. The van der Waals surface area contributed by atoms with Crippen molar-refractivity contribution in [3.63, 3.8) is 0 Å². The summed E-state index contributed by atoms with van der Waals surface area (Å²) < 4.78 is 0. The van der Waals surface area contributed by atoms with Crippen LogP contribution in [-0.4, -0.2) is 17.6 Å². The van der Waals surface area contributed by atoms with E-state index >= 15 is 0 Å². The van der Waals surface area contributed by atoms with Gasteiger partial charge in [0.2, 0.25) is 11.8 Å². The first kappa shape index (κ1) is 21.4. The van der Waals surface area contributed by atoms with Gasteiger partial charge in [-0.15, -0.1) is 0 Å². The molecule has 0 aliphatic carbocycles. The van der Waals surface area contributed by atoms with Crippen molar-refractivity contribution in [3.05, 3.63) is 59.2 Å². The Hall–Kier alpha value is -2.95. The van der Waals surface area contributed by atoms with Crippen LogP contribution in [0.3, 0.4) is 0 Å². The van der Waals surface area contributed by atoms with Crippen molar-refractivity contribution in [2.24, 2.45) is 5.92 Å². The van der Waals surface area contributed by atoms with Gasteiger partial charge < -0.3 is 10.6 Å². The summed E-state index contributed by atoms with van der Waals surface area (Å²) in [4.78, 5) is 35.8. The van der Waals surface area contributed by atoms with Gasteiger partial charge in [0.1, 0.15) is 0 Å². The van der Waals surface area contributed by atoms with Crippen LogP contribution in [0.4, 0.5) is 11.4 Å². The molecule has 5 heteroatoms. The minimum atomic E-state index is -0.229. The smallest absolute Gasteiger partial charge is 0.224 e. The number of benzene rings is 2. The maximum absolute atomic E-state index is 12.3. The van der Waals surface area contributed by atoms with E-state index in [-0.39, 0.29) is 30.4 Å². The van der Waals surface area contributed by atoms with Crippen molar-refractivity contribution >= 4 is 29.0 Å². The summed E-state index contributed by atoms with van der Waals surface area (Å²) in [7, 11) is 0. The van der Waals surface area contributed by atoms with E-state index in [2.05, 4.69) is 24.5 Å². The minimum absolute atomic E-state index is 0.0463. The molecule has 0 aromatic heterocycles. The monoisotopic (exact) mass is 380 g/mol. The third kappa shape index (κ3) is 6.65. The van der Waals surface area contributed by atoms with Gasteiger partial charge in [0.25, 0.3) is 0 Å². The molecule has 2 aromatic carbocycles. The summed E-state index contributed by atoms with van der Waals surface area (Å²) in [5.74, 6) is 0.117. The molecule has 148 valence electrons. The van der Waals surface area contributed by atoms with Crippen LogP contribution in [-0.2, 0) is 16.0 Å². The molecule has 0 unspecified atom stereocenters. The molecule has 0 bridgehead atoms. The van der Waals surface area contributed by atoms with E-state index in [1.54, 1.807) is 12.1 Å². The molecule has 0 atom stereocenters. The summed E-state index contributed by atoms with van der Waals surface area (Å²) in [5.41, 5.74) is 3.96. The van der Waals surface area contributed by atoms with E-state index in [4.69, 9.17) is 0 Å². The Morgan fingerprint density at radius 3 is 2.21 bits per heavy atom. The lowest BCUT2D eigenvalue weighted by atomic mass is 9.99. The summed E-state index contributed by atoms with van der Waals surface area (Å²) in [6.45, 7) is 7.62. The van der Waals surface area contributed by atoms with Crippen molar-refractivity contribution < 1.29 is 14.4 Å². The SMILES string of the molecule is CC(=O)Nc1ccc(C)c(NC(=O)CCC(=O)c2ccc(CC(C)C)cc2)c1. The van der Waals surface area contributed by atoms with Gasteiger partial charge in [-0.1, -0.05) is 44.2 Å². The third-order valence-corrected chi connectivity index (χ3v) is 4.33. The highest BCUT2D eigenvalue weighted by Crippen LogP contribution is 2.21. The van der Waals surface area contributed by atoms with Crippen LogP contribution in [0.25, 0.3) is 0 Å². The Labute approximate surface area is 166 Å². The maximum atomic E-state index is 12.3. The fourth-order valence-electron chi connectivity index (χ4n) is 2.92. The highest BCUT2D eigenvalue weighted by Gasteiger charge is 2.11. The Kier molecular flexibility index (Phi) is 7.50. The third-order valence-electron chi connectivity index (χ3n) is 4.33. The van der Waals surface area contributed by atoms with Crippen molar-refractivity contribution in [1.29, 1.82) is 0 Å². The van der Waals surface area contributed by atoms with Crippen LogP contribution in [0, 0.1) is 12.8 Å². The number of hydrogen-bond donors (Lipinski definition) is 2. The number of carbonyl (C=O) groups is 3. The topological polar surface area (TPSA) is 75.3 Å².